The molecule has 6 heteroatoms. The van der Waals surface area contributed by atoms with Gasteiger partial charge < -0.3 is 8.83 Å². The third-order valence-electron chi connectivity index (χ3n) is 4.30. The molecule has 1 aromatic carbocycles. The summed E-state index contributed by atoms with van der Waals surface area (Å²) in [4.78, 5) is 24.8. The highest BCUT2D eigenvalue weighted by Crippen LogP contribution is 2.25. The molecule has 0 atom stereocenters. The number of hydrogen-bond acceptors (Lipinski definition) is 5. The third-order valence-corrected chi connectivity index (χ3v) is 4.30. The summed E-state index contributed by atoms with van der Waals surface area (Å²) in [5.41, 5.74) is 2.77. The molecule has 2 aromatic heterocycles. The van der Waals surface area contributed by atoms with E-state index in [1.54, 1.807) is 12.1 Å². The van der Waals surface area contributed by atoms with Crippen LogP contribution in [-0.4, -0.2) is 15.6 Å². The van der Waals surface area contributed by atoms with Crippen LogP contribution in [0.1, 0.15) is 61.0 Å². The Morgan fingerprint density at radius 2 is 1.92 bits per heavy atom. The Morgan fingerprint density at radius 1 is 1.15 bits per heavy atom. The predicted molar refractivity (Wildman–Crippen MR) is 97.4 cm³/mol. The number of ketones is 1. The zero-order chi connectivity index (χ0) is 18.8. The maximum atomic E-state index is 12.8. The normalized spacial score (nSPS) is 11.5. The largest absolute Gasteiger partial charge is 0.459 e. The van der Waals surface area contributed by atoms with Gasteiger partial charge in [-0.1, -0.05) is 45.9 Å². The van der Waals surface area contributed by atoms with Crippen molar-refractivity contribution < 1.29 is 13.6 Å². The van der Waals surface area contributed by atoms with Crippen molar-refractivity contribution in [3.05, 3.63) is 63.8 Å². The lowest BCUT2D eigenvalue weighted by molar-refractivity contribution is 0.0963. The van der Waals surface area contributed by atoms with Crippen LogP contribution in [-0.2, 0) is 6.54 Å². The van der Waals surface area contributed by atoms with Crippen LogP contribution in [0.15, 0.2) is 50.2 Å². The van der Waals surface area contributed by atoms with E-state index in [1.807, 2.05) is 26.0 Å². The van der Waals surface area contributed by atoms with Crippen LogP contribution in [0.3, 0.4) is 0 Å². The number of nitrogens with zero attached hydrogens (tertiary/aromatic N) is 2. The summed E-state index contributed by atoms with van der Waals surface area (Å²) in [6.45, 7) is 8.16. The molecule has 0 N–H and O–H groups in total. The van der Waals surface area contributed by atoms with Gasteiger partial charge in [0.05, 0.1) is 6.26 Å². The molecule has 0 saturated heterocycles. The first-order valence-electron chi connectivity index (χ1n) is 8.65. The molecule has 0 saturated carbocycles. The topological polar surface area (TPSA) is 78.2 Å². The van der Waals surface area contributed by atoms with Crippen LogP contribution in [0, 0.1) is 0 Å². The van der Waals surface area contributed by atoms with E-state index in [0.717, 1.165) is 10.2 Å². The Kier molecular flexibility index (Phi) is 4.93. The Hall–Kier alpha value is -2.89. The molecule has 0 spiro atoms. The summed E-state index contributed by atoms with van der Waals surface area (Å²) in [5, 5.41) is 4.06. The molecule has 3 rings (SSSR count). The molecule has 0 radical (unpaired) electrons. The number of carbonyl (C=O) groups is 1. The van der Waals surface area contributed by atoms with E-state index in [9.17, 15) is 9.59 Å². The summed E-state index contributed by atoms with van der Waals surface area (Å²) in [7, 11) is 0. The number of furan rings is 1. The summed E-state index contributed by atoms with van der Waals surface area (Å²) in [6.07, 6.45) is 1.46. The summed E-state index contributed by atoms with van der Waals surface area (Å²) < 4.78 is 11.3. The van der Waals surface area contributed by atoms with Gasteiger partial charge in [-0.3, -0.25) is 4.79 Å². The first-order valence-corrected chi connectivity index (χ1v) is 8.65. The van der Waals surface area contributed by atoms with Crippen molar-refractivity contribution in [1.82, 2.24) is 9.78 Å². The van der Waals surface area contributed by atoms with Crippen LogP contribution in [0.5, 0.6) is 0 Å². The predicted octanol–water partition coefficient (Wildman–Crippen LogP) is 4.23. The Labute approximate surface area is 151 Å². The van der Waals surface area contributed by atoms with Gasteiger partial charge in [0.15, 0.2) is 11.5 Å². The molecule has 3 aromatic rings. The minimum absolute atomic E-state index is 0.0621. The lowest BCUT2D eigenvalue weighted by Gasteiger charge is -2.15. The van der Waals surface area contributed by atoms with Gasteiger partial charge in [-0.05, 0) is 35.1 Å². The van der Waals surface area contributed by atoms with Crippen LogP contribution >= 0.6 is 0 Å². The van der Waals surface area contributed by atoms with Gasteiger partial charge in [0.25, 0.3) is 5.89 Å². The molecular formula is C20H22N2O4. The van der Waals surface area contributed by atoms with Crippen molar-refractivity contribution in [2.45, 2.75) is 46.1 Å². The van der Waals surface area contributed by atoms with Crippen molar-refractivity contribution in [2.75, 3.05) is 0 Å². The zero-order valence-electron chi connectivity index (χ0n) is 15.4. The summed E-state index contributed by atoms with van der Waals surface area (Å²) in [6, 6.07) is 9.18. The van der Waals surface area contributed by atoms with Gasteiger partial charge in [0, 0.05) is 5.56 Å². The highest BCUT2D eigenvalue weighted by atomic mass is 16.4. The molecule has 0 unspecified atom stereocenters. The van der Waals surface area contributed by atoms with E-state index >= 15 is 0 Å². The van der Waals surface area contributed by atoms with Crippen molar-refractivity contribution in [2.24, 2.45) is 0 Å². The van der Waals surface area contributed by atoms with Crippen molar-refractivity contribution in [1.29, 1.82) is 0 Å². The quantitative estimate of drug-likeness (QED) is 0.619. The fourth-order valence-electron chi connectivity index (χ4n) is 2.80. The molecule has 136 valence electrons. The van der Waals surface area contributed by atoms with Crippen LogP contribution in [0.2, 0.25) is 0 Å². The van der Waals surface area contributed by atoms with Gasteiger partial charge >= 0.3 is 5.76 Å². The molecular weight excluding hydrogens is 332 g/mol. The van der Waals surface area contributed by atoms with E-state index in [0.29, 0.717) is 17.2 Å². The molecule has 2 heterocycles. The first-order chi connectivity index (χ1) is 12.4. The molecule has 0 aliphatic heterocycles. The van der Waals surface area contributed by atoms with Crippen LogP contribution in [0.4, 0.5) is 0 Å². The average molecular weight is 354 g/mol. The Bertz CT molecular complexity index is 962. The van der Waals surface area contributed by atoms with Crippen LogP contribution < -0.4 is 5.76 Å². The van der Waals surface area contributed by atoms with Crippen molar-refractivity contribution in [3.8, 4) is 11.7 Å². The first kappa shape index (κ1) is 17.9. The number of aromatic nitrogens is 2. The lowest BCUT2D eigenvalue weighted by Crippen LogP contribution is -2.22. The lowest BCUT2D eigenvalue weighted by atomic mass is 9.90. The molecule has 0 bridgehead atoms. The van der Waals surface area contributed by atoms with Gasteiger partial charge in [0.2, 0.25) is 0 Å². The molecule has 0 aliphatic rings. The zero-order valence-corrected chi connectivity index (χ0v) is 15.4. The molecule has 0 amide bonds. The number of hydrogen-bond donors (Lipinski definition) is 0. The number of Topliss-reactive ketones (excluding diaryl/α,β-unsaturated/α-hetero) is 1. The number of carbonyl (C=O) groups excluding carboxylic acids is 1. The van der Waals surface area contributed by atoms with Gasteiger partial charge in [-0.2, -0.15) is 4.68 Å². The minimum Gasteiger partial charge on any atom is -0.459 e. The van der Waals surface area contributed by atoms with Gasteiger partial charge in [0.1, 0.15) is 6.54 Å². The summed E-state index contributed by atoms with van der Waals surface area (Å²) in [5.74, 6) is 0.121. The second kappa shape index (κ2) is 7.15. The monoisotopic (exact) mass is 354 g/mol. The maximum absolute atomic E-state index is 12.8. The smallest absolute Gasteiger partial charge is 0.437 e. The fourth-order valence-corrected chi connectivity index (χ4v) is 2.80. The molecule has 0 fully saturated rings. The number of rotatable bonds is 6. The number of benzene rings is 1. The average Bonchev–Trinajstić information content (AvgIpc) is 3.24. The van der Waals surface area contributed by atoms with E-state index in [1.165, 1.54) is 11.8 Å². The van der Waals surface area contributed by atoms with Crippen molar-refractivity contribution >= 4 is 5.78 Å². The van der Waals surface area contributed by atoms with E-state index in [-0.39, 0.29) is 24.1 Å². The van der Waals surface area contributed by atoms with Gasteiger partial charge in [-0.25, -0.2) is 4.79 Å². The minimum atomic E-state index is -0.686. The van der Waals surface area contributed by atoms with E-state index in [4.69, 9.17) is 8.83 Å². The third kappa shape index (κ3) is 3.54. The fraction of sp³-hybridized carbons (Fsp3) is 0.350. The van der Waals surface area contributed by atoms with Gasteiger partial charge in [-0.15, -0.1) is 5.10 Å². The molecule has 26 heavy (non-hydrogen) atoms. The maximum Gasteiger partial charge on any atom is 0.437 e. The summed E-state index contributed by atoms with van der Waals surface area (Å²) >= 11 is 0. The highest BCUT2D eigenvalue weighted by Gasteiger charge is 2.19. The van der Waals surface area contributed by atoms with Crippen LogP contribution in [0.25, 0.3) is 11.7 Å². The Balaban J connectivity index is 1.90. The second-order valence-corrected chi connectivity index (χ2v) is 6.89. The SMILES string of the molecule is CC(C)c1ccc(C(=O)Cn2nc(-c3ccco3)oc2=O)c(C(C)C)c1. The van der Waals surface area contributed by atoms with Crippen molar-refractivity contribution in [3.63, 3.8) is 0 Å². The standard InChI is InChI=1S/C20H22N2O4/c1-12(2)14-7-8-15(16(10-14)13(3)4)17(23)11-22-20(24)26-19(21-22)18-6-5-9-25-18/h5-10,12-13H,11H2,1-4H3. The molecule has 6 nitrogen and oxygen atoms in total. The highest BCUT2D eigenvalue weighted by molar-refractivity contribution is 5.97. The van der Waals surface area contributed by atoms with E-state index in [2.05, 4.69) is 25.0 Å². The molecule has 0 aliphatic carbocycles. The second-order valence-electron chi connectivity index (χ2n) is 6.89. The van der Waals surface area contributed by atoms with E-state index < -0.39 is 5.76 Å². The Morgan fingerprint density at radius 3 is 2.54 bits per heavy atom.